The number of allylic oxidation sites excluding steroid dienone is 3. The maximum absolute atomic E-state index is 6.48. The Morgan fingerprint density at radius 1 is 0.560 bits per heavy atom. The Morgan fingerprint density at radius 2 is 1.30 bits per heavy atom. The van der Waals surface area contributed by atoms with Crippen molar-refractivity contribution in [3.63, 3.8) is 0 Å². The van der Waals surface area contributed by atoms with E-state index in [1.165, 1.54) is 77.2 Å². The number of furan rings is 1. The second-order valence-electron chi connectivity index (χ2n) is 14.2. The number of hydrogen-bond donors (Lipinski definition) is 0. The van der Waals surface area contributed by atoms with Gasteiger partial charge in [0, 0.05) is 22.1 Å². The van der Waals surface area contributed by atoms with Crippen molar-refractivity contribution in [1.82, 2.24) is 0 Å². The van der Waals surface area contributed by atoms with E-state index in [1.807, 2.05) is 0 Å². The summed E-state index contributed by atoms with van der Waals surface area (Å²) in [6, 6.07) is 57.8. The van der Waals surface area contributed by atoms with Gasteiger partial charge in [0.15, 0.2) is 0 Å². The van der Waals surface area contributed by atoms with E-state index in [-0.39, 0.29) is 11.3 Å². The Kier molecular flexibility index (Phi) is 6.58. The van der Waals surface area contributed by atoms with E-state index >= 15 is 0 Å². The predicted octanol–water partition coefficient (Wildman–Crippen LogP) is 13.4. The van der Waals surface area contributed by atoms with Crippen molar-refractivity contribution in [3.05, 3.63) is 198 Å². The topological polar surface area (TPSA) is 13.1 Å². The molecule has 7 aromatic carbocycles. The smallest absolute Gasteiger partial charge is 0.136 e. The van der Waals surface area contributed by atoms with Crippen molar-refractivity contribution in [2.45, 2.75) is 25.7 Å². The number of benzene rings is 7. The molecule has 2 atom stereocenters. The van der Waals surface area contributed by atoms with Gasteiger partial charge in [0.05, 0.1) is 0 Å². The van der Waals surface area contributed by atoms with Crippen molar-refractivity contribution >= 4 is 38.3 Å². The maximum atomic E-state index is 6.48. The lowest BCUT2D eigenvalue weighted by Gasteiger charge is -2.47. The van der Waals surface area contributed by atoms with E-state index in [0.717, 1.165) is 24.0 Å². The largest absolute Gasteiger partial charge is 0.456 e. The highest BCUT2D eigenvalue weighted by atomic mass is 16.3. The van der Waals surface area contributed by atoms with Crippen LogP contribution in [0.1, 0.15) is 47.9 Å². The molecular weight excluding hydrogens is 605 g/mol. The van der Waals surface area contributed by atoms with Gasteiger partial charge in [-0.1, -0.05) is 153 Å². The molecule has 0 aliphatic heterocycles. The van der Waals surface area contributed by atoms with Crippen LogP contribution in [0.15, 0.2) is 180 Å². The van der Waals surface area contributed by atoms with Gasteiger partial charge in [0.1, 0.15) is 11.2 Å². The second-order valence-corrected chi connectivity index (χ2v) is 14.2. The summed E-state index contributed by atoms with van der Waals surface area (Å²) in [6.45, 7) is 2.50. The zero-order chi connectivity index (χ0) is 33.2. The van der Waals surface area contributed by atoms with Crippen molar-refractivity contribution in [2.24, 2.45) is 5.41 Å². The highest BCUT2D eigenvalue weighted by Crippen LogP contribution is 2.59. The fourth-order valence-electron chi connectivity index (χ4n) is 8.98. The average molecular weight is 641 g/mol. The summed E-state index contributed by atoms with van der Waals surface area (Å²) in [7, 11) is 0. The van der Waals surface area contributed by atoms with E-state index in [9.17, 15) is 0 Å². The van der Waals surface area contributed by atoms with Crippen molar-refractivity contribution < 1.29 is 4.42 Å². The lowest BCUT2D eigenvalue weighted by atomic mass is 9.56. The normalized spacial score (nSPS) is 18.5. The maximum Gasteiger partial charge on any atom is 0.136 e. The van der Waals surface area contributed by atoms with Crippen molar-refractivity contribution in [3.8, 4) is 22.3 Å². The van der Waals surface area contributed by atoms with Gasteiger partial charge in [-0.15, -0.1) is 0 Å². The molecule has 1 nitrogen and oxygen atoms in total. The third kappa shape index (κ3) is 4.47. The Morgan fingerprint density at radius 3 is 2.18 bits per heavy atom. The molecule has 0 amide bonds. The number of fused-ring (bicyclic) bond motifs is 6. The molecule has 1 heterocycles. The zero-order valence-corrected chi connectivity index (χ0v) is 28.1. The molecule has 0 bridgehead atoms. The first-order valence-corrected chi connectivity index (χ1v) is 17.8. The molecule has 2 aliphatic rings. The molecule has 0 fully saturated rings. The quantitative estimate of drug-likeness (QED) is 0.187. The summed E-state index contributed by atoms with van der Waals surface area (Å²) in [5.74, 6) is 0.206. The first kappa shape index (κ1) is 29.0. The molecular formula is C49H36O. The Labute approximate surface area is 292 Å². The molecule has 2 aliphatic carbocycles. The van der Waals surface area contributed by atoms with Crippen LogP contribution in [0.2, 0.25) is 0 Å². The predicted molar refractivity (Wildman–Crippen MR) is 209 cm³/mol. The van der Waals surface area contributed by atoms with Crippen LogP contribution in [-0.4, -0.2) is 0 Å². The van der Waals surface area contributed by atoms with Gasteiger partial charge < -0.3 is 4.42 Å². The third-order valence-electron chi connectivity index (χ3n) is 11.4. The van der Waals surface area contributed by atoms with E-state index in [2.05, 4.69) is 177 Å². The van der Waals surface area contributed by atoms with Gasteiger partial charge in [-0.05, 0) is 104 Å². The van der Waals surface area contributed by atoms with E-state index in [4.69, 9.17) is 4.42 Å². The summed E-state index contributed by atoms with van der Waals surface area (Å²) in [4.78, 5) is 0. The molecule has 8 aromatic rings. The number of rotatable bonds is 4. The van der Waals surface area contributed by atoms with Gasteiger partial charge in [-0.2, -0.15) is 0 Å². The minimum absolute atomic E-state index is 0.0784. The molecule has 238 valence electrons. The highest BCUT2D eigenvalue weighted by Gasteiger charge is 2.45. The van der Waals surface area contributed by atoms with Gasteiger partial charge in [-0.25, -0.2) is 0 Å². The highest BCUT2D eigenvalue weighted by molar-refractivity contribution is 6.12. The minimum atomic E-state index is -0.0784. The average Bonchev–Trinajstić information content (AvgIpc) is 3.55. The fourth-order valence-corrected chi connectivity index (χ4v) is 8.98. The molecule has 2 unspecified atom stereocenters. The Balaban J connectivity index is 1.13. The first-order valence-electron chi connectivity index (χ1n) is 17.8. The van der Waals surface area contributed by atoms with Crippen molar-refractivity contribution in [2.75, 3.05) is 0 Å². The van der Waals surface area contributed by atoms with Crippen LogP contribution in [0.25, 0.3) is 60.5 Å². The standard InChI is InChI=1S/C49H36O/c1-49-29-10-9-19-43(49)46(35-24-21-33(22-25-35)37-26-23-32-12-5-6-15-36(32)30-37)40-16-7-8-17-41(40)48(49)38-27-28-44-42(31-38)47-39(18-11-20-45(47)50-44)34-13-3-2-4-14-34/h2-9,11-28,30-31,48H,10,29H2,1H3. The second kappa shape index (κ2) is 11.3. The van der Waals surface area contributed by atoms with Gasteiger partial charge >= 0.3 is 0 Å². The molecule has 50 heavy (non-hydrogen) atoms. The molecule has 10 rings (SSSR count). The van der Waals surface area contributed by atoms with Crippen LogP contribution in [0.5, 0.6) is 0 Å². The van der Waals surface area contributed by atoms with E-state index in [0.29, 0.717) is 0 Å². The van der Waals surface area contributed by atoms with Crippen LogP contribution in [-0.2, 0) is 0 Å². The summed E-state index contributed by atoms with van der Waals surface area (Å²) < 4.78 is 6.48. The summed E-state index contributed by atoms with van der Waals surface area (Å²) >= 11 is 0. The van der Waals surface area contributed by atoms with Gasteiger partial charge in [0.2, 0.25) is 0 Å². The first-order chi connectivity index (χ1) is 24.7. The van der Waals surface area contributed by atoms with Crippen LogP contribution in [0.3, 0.4) is 0 Å². The number of hydrogen-bond acceptors (Lipinski definition) is 1. The molecule has 0 radical (unpaired) electrons. The van der Waals surface area contributed by atoms with E-state index in [1.54, 1.807) is 0 Å². The van der Waals surface area contributed by atoms with Crippen LogP contribution >= 0.6 is 0 Å². The molecule has 0 N–H and O–H groups in total. The van der Waals surface area contributed by atoms with Gasteiger partial charge in [-0.3, -0.25) is 0 Å². The SMILES string of the molecule is CC12CCC=CC1=C(c1ccc(-c3ccc4ccccc4c3)cc1)c1ccccc1C2c1ccc2oc3cccc(-c4ccccc4)c3c2c1. The monoisotopic (exact) mass is 640 g/mol. The summed E-state index contributed by atoms with van der Waals surface area (Å²) in [6.07, 6.45) is 6.97. The van der Waals surface area contributed by atoms with Crippen molar-refractivity contribution in [1.29, 1.82) is 0 Å². The fraction of sp³-hybridized carbons (Fsp3) is 0.102. The van der Waals surface area contributed by atoms with E-state index < -0.39 is 0 Å². The Hall–Kier alpha value is -5.92. The van der Waals surface area contributed by atoms with Gasteiger partial charge in [0.25, 0.3) is 0 Å². The minimum Gasteiger partial charge on any atom is -0.456 e. The van der Waals surface area contributed by atoms with Crippen LogP contribution in [0.4, 0.5) is 0 Å². The van der Waals surface area contributed by atoms with Crippen LogP contribution in [0, 0.1) is 5.41 Å². The lowest BCUT2D eigenvalue weighted by Crippen LogP contribution is -2.34. The Bertz CT molecular complexity index is 2650. The molecule has 1 heteroatoms. The molecule has 0 saturated carbocycles. The lowest BCUT2D eigenvalue weighted by molar-refractivity contribution is 0.318. The molecule has 0 spiro atoms. The molecule has 1 aromatic heterocycles. The van der Waals surface area contributed by atoms with Crippen LogP contribution < -0.4 is 0 Å². The summed E-state index contributed by atoms with van der Waals surface area (Å²) in [5.41, 5.74) is 14.9. The third-order valence-corrected chi connectivity index (χ3v) is 11.4. The summed E-state index contributed by atoms with van der Waals surface area (Å²) in [5, 5.41) is 4.92. The zero-order valence-electron chi connectivity index (χ0n) is 28.1. The molecule has 0 saturated heterocycles.